The molecule has 0 spiro atoms. The number of aryl methyl sites for hydroxylation is 1. The van der Waals surface area contributed by atoms with E-state index in [9.17, 15) is 4.79 Å². The number of hydrogen-bond acceptors (Lipinski definition) is 5. The van der Waals surface area contributed by atoms with E-state index in [4.69, 9.17) is 9.15 Å². The smallest absolute Gasteiger partial charge is 0.286 e. The van der Waals surface area contributed by atoms with Gasteiger partial charge in [-0.05, 0) is 30.8 Å². The van der Waals surface area contributed by atoms with Gasteiger partial charge in [0, 0.05) is 19.2 Å². The lowest BCUT2D eigenvalue weighted by Gasteiger charge is -2.27. The van der Waals surface area contributed by atoms with Gasteiger partial charge < -0.3 is 14.1 Å². The molecule has 0 N–H and O–H groups in total. The number of thioether (sulfide) groups is 1. The van der Waals surface area contributed by atoms with Crippen molar-refractivity contribution < 1.29 is 13.9 Å². The zero-order valence-corrected chi connectivity index (χ0v) is 11.4. The van der Waals surface area contributed by atoms with Gasteiger partial charge in [0.2, 0.25) is 0 Å². The molecule has 0 atom stereocenters. The van der Waals surface area contributed by atoms with Crippen LogP contribution in [0.15, 0.2) is 26.4 Å². The molecule has 1 saturated heterocycles. The average Bonchev–Trinajstić information content (AvgIpc) is 2.98. The highest BCUT2D eigenvalue weighted by molar-refractivity contribution is 8.18. The van der Waals surface area contributed by atoms with Crippen molar-refractivity contribution in [1.29, 1.82) is 0 Å². The second-order valence-corrected chi connectivity index (χ2v) is 5.37. The lowest BCUT2D eigenvalue weighted by Crippen LogP contribution is -2.38. The SMILES string of the molecule is Cc1ccc(C=C2SC(N3CCOCC3)=NC2=O)o1. The number of hydrogen-bond donors (Lipinski definition) is 0. The van der Waals surface area contributed by atoms with Gasteiger partial charge in [-0.15, -0.1) is 0 Å². The Balaban J connectivity index is 1.74. The highest BCUT2D eigenvalue weighted by Gasteiger charge is 2.27. The van der Waals surface area contributed by atoms with Crippen LogP contribution in [0.4, 0.5) is 0 Å². The number of aliphatic imine (C=N–C) groups is 1. The summed E-state index contributed by atoms with van der Waals surface area (Å²) in [6.45, 7) is 4.81. The molecule has 19 heavy (non-hydrogen) atoms. The van der Waals surface area contributed by atoms with Gasteiger partial charge in [0.15, 0.2) is 5.17 Å². The minimum absolute atomic E-state index is 0.194. The van der Waals surface area contributed by atoms with Crippen molar-refractivity contribution in [3.63, 3.8) is 0 Å². The molecule has 0 aliphatic carbocycles. The molecule has 0 radical (unpaired) electrons. The summed E-state index contributed by atoms with van der Waals surface area (Å²) < 4.78 is 10.7. The molecule has 100 valence electrons. The first-order chi connectivity index (χ1) is 9.22. The third kappa shape index (κ3) is 2.74. The van der Waals surface area contributed by atoms with Crippen LogP contribution in [-0.4, -0.2) is 42.3 Å². The van der Waals surface area contributed by atoms with Crippen molar-refractivity contribution in [2.75, 3.05) is 26.3 Å². The number of ether oxygens (including phenoxy) is 1. The summed E-state index contributed by atoms with van der Waals surface area (Å²) in [6.07, 6.45) is 1.75. The number of amides is 1. The first-order valence-corrected chi connectivity index (χ1v) is 6.96. The molecule has 1 fully saturated rings. The Morgan fingerprint density at radius 3 is 2.84 bits per heavy atom. The maximum Gasteiger partial charge on any atom is 0.286 e. The van der Waals surface area contributed by atoms with Crippen molar-refractivity contribution in [1.82, 2.24) is 4.90 Å². The molecular formula is C13H14N2O3S. The van der Waals surface area contributed by atoms with Crippen LogP contribution in [0.2, 0.25) is 0 Å². The Morgan fingerprint density at radius 1 is 1.37 bits per heavy atom. The molecule has 0 bridgehead atoms. The minimum atomic E-state index is -0.194. The topological polar surface area (TPSA) is 55.0 Å². The summed E-state index contributed by atoms with van der Waals surface area (Å²) in [6, 6.07) is 3.73. The normalized spacial score (nSPS) is 22.2. The van der Waals surface area contributed by atoms with Crippen molar-refractivity contribution >= 4 is 28.9 Å². The molecule has 0 aromatic carbocycles. The summed E-state index contributed by atoms with van der Waals surface area (Å²) in [5, 5.41) is 0.767. The molecule has 3 rings (SSSR count). The molecular weight excluding hydrogens is 264 g/mol. The number of morpholine rings is 1. The van der Waals surface area contributed by atoms with Gasteiger partial charge >= 0.3 is 0 Å². The second kappa shape index (κ2) is 5.22. The van der Waals surface area contributed by atoms with E-state index in [1.807, 2.05) is 19.1 Å². The van der Waals surface area contributed by atoms with Crippen LogP contribution in [0.5, 0.6) is 0 Å². The summed E-state index contributed by atoms with van der Waals surface area (Å²) in [5.41, 5.74) is 0. The van der Waals surface area contributed by atoms with E-state index in [1.165, 1.54) is 11.8 Å². The summed E-state index contributed by atoms with van der Waals surface area (Å²) in [4.78, 5) is 18.7. The van der Waals surface area contributed by atoms with E-state index >= 15 is 0 Å². The van der Waals surface area contributed by atoms with Crippen molar-refractivity contribution in [3.05, 3.63) is 28.6 Å². The van der Waals surface area contributed by atoms with Gasteiger partial charge in [-0.1, -0.05) is 0 Å². The fourth-order valence-corrected chi connectivity index (χ4v) is 2.89. The number of rotatable bonds is 1. The lowest BCUT2D eigenvalue weighted by molar-refractivity contribution is -0.113. The van der Waals surface area contributed by atoms with Crippen LogP contribution >= 0.6 is 11.8 Å². The van der Waals surface area contributed by atoms with Crippen LogP contribution in [0.25, 0.3) is 6.08 Å². The third-order valence-electron chi connectivity index (χ3n) is 2.93. The van der Waals surface area contributed by atoms with Crippen LogP contribution in [-0.2, 0) is 9.53 Å². The fourth-order valence-electron chi connectivity index (χ4n) is 1.95. The Morgan fingerprint density at radius 2 is 2.16 bits per heavy atom. The first-order valence-electron chi connectivity index (χ1n) is 6.14. The maximum absolute atomic E-state index is 11.9. The highest BCUT2D eigenvalue weighted by atomic mass is 32.2. The molecule has 0 unspecified atom stereocenters. The van der Waals surface area contributed by atoms with Crippen LogP contribution in [0.1, 0.15) is 11.5 Å². The molecule has 1 aromatic heterocycles. The van der Waals surface area contributed by atoms with E-state index < -0.39 is 0 Å². The Bertz CT molecular complexity index is 556. The van der Waals surface area contributed by atoms with E-state index in [-0.39, 0.29) is 5.91 Å². The van der Waals surface area contributed by atoms with E-state index in [1.54, 1.807) is 6.08 Å². The molecule has 2 aliphatic rings. The van der Waals surface area contributed by atoms with Gasteiger partial charge in [-0.25, -0.2) is 0 Å². The maximum atomic E-state index is 11.9. The zero-order chi connectivity index (χ0) is 13.2. The quantitative estimate of drug-likeness (QED) is 0.734. The minimum Gasteiger partial charge on any atom is -0.462 e. The Hall–Kier alpha value is -1.53. The average molecular weight is 278 g/mol. The first kappa shape index (κ1) is 12.5. The molecule has 0 saturated carbocycles. The van der Waals surface area contributed by atoms with Crippen LogP contribution in [0.3, 0.4) is 0 Å². The molecule has 6 heteroatoms. The number of nitrogens with zero attached hydrogens (tertiary/aromatic N) is 2. The van der Waals surface area contributed by atoms with Gasteiger partial charge in [0.25, 0.3) is 5.91 Å². The molecule has 1 aromatic rings. The molecule has 5 nitrogen and oxygen atoms in total. The number of furan rings is 1. The van der Waals surface area contributed by atoms with E-state index in [0.717, 1.165) is 24.0 Å². The monoisotopic (exact) mass is 278 g/mol. The summed E-state index contributed by atoms with van der Waals surface area (Å²) >= 11 is 1.40. The lowest BCUT2D eigenvalue weighted by atomic mass is 10.4. The predicted molar refractivity (Wildman–Crippen MR) is 73.8 cm³/mol. The summed E-state index contributed by atoms with van der Waals surface area (Å²) in [5.74, 6) is 1.32. The van der Waals surface area contributed by atoms with Crippen LogP contribution < -0.4 is 0 Å². The van der Waals surface area contributed by atoms with Gasteiger partial charge in [-0.2, -0.15) is 4.99 Å². The fraction of sp³-hybridized carbons (Fsp3) is 0.385. The molecule has 1 amide bonds. The standard InChI is InChI=1S/C13H14N2O3S/c1-9-2-3-10(18-9)8-11-12(16)14-13(19-11)15-4-6-17-7-5-15/h2-3,8H,4-7H2,1H3. The van der Waals surface area contributed by atoms with E-state index in [0.29, 0.717) is 23.9 Å². The molecule has 2 aliphatic heterocycles. The third-order valence-corrected chi connectivity index (χ3v) is 3.97. The number of amidine groups is 1. The van der Waals surface area contributed by atoms with Gasteiger partial charge in [0.05, 0.1) is 18.1 Å². The second-order valence-electron chi connectivity index (χ2n) is 4.36. The Labute approximate surface area is 115 Å². The zero-order valence-electron chi connectivity index (χ0n) is 10.6. The van der Waals surface area contributed by atoms with Gasteiger partial charge in [-0.3, -0.25) is 4.79 Å². The Kier molecular flexibility index (Phi) is 3.44. The van der Waals surface area contributed by atoms with Crippen LogP contribution in [0, 0.1) is 6.92 Å². The highest BCUT2D eigenvalue weighted by Crippen LogP contribution is 2.30. The largest absolute Gasteiger partial charge is 0.462 e. The predicted octanol–water partition coefficient (Wildman–Crippen LogP) is 1.89. The molecule has 3 heterocycles. The van der Waals surface area contributed by atoms with Crippen molar-refractivity contribution in [3.8, 4) is 0 Å². The van der Waals surface area contributed by atoms with Crippen molar-refractivity contribution in [2.45, 2.75) is 6.92 Å². The number of carbonyl (C=O) groups is 1. The summed E-state index contributed by atoms with van der Waals surface area (Å²) in [7, 11) is 0. The van der Waals surface area contributed by atoms with Gasteiger partial charge in [0.1, 0.15) is 11.5 Å². The van der Waals surface area contributed by atoms with E-state index in [2.05, 4.69) is 9.89 Å². The number of carbonyl (C=O) groups excluding carboxylic acids is 1. The van der Waals surface area contributed by atoms with Crippen molar-refractivity contribution in [2.24, 2.45) is 4.99 Å².